The van der Waals surface area contributed by atoms with Crippen molar-refractivity contribution in [3.63, 3.8) is 0 Å². The number of ether oxygens (including phenoxy) is 3. The summed E-state index contributed by atoms with van der Waals surface area (Å²) in [5.41, 5.74) is -1.58. The smallest absolute Gasteiger partial charge is 0.328 e. The van der Waals surface area contributed by atoms with Gasteiger partial charge in [-0.1, -0.05) is 12.2 Å². The molecule has 1 heterocycles. The highest BCUT2D eigenvalue weighted by atomic mass is 19.3. The Labute approximate surface area is 111 Å². The maximum atomic E-state index is 14.9. The van der Waals surface area contributed by atoms with E-state index in [-0.39, 0.29) is 23.9 Å². The van der Waals surface area contributed by atoms with Gasteiger partial charge < -0.3 is 14.2 Å². The van der Waals surface area contributed by atoms with Gasteiger partial charge in [-0.3, -0.25) is 0 Å². The fraction of sp³-hybridized carbons (Fsp3) is 0.857. The summed E-state index contributed by atoms with van der Waals surface area (Å²) in [5.74, 6) is -5.20. The molecular weight excluding hydrogens is 254 g/mol. The average Bonchev–Trinajstić information content (AvgIpc) is 2.97. The molecule has 0 N–H and O–H groups in total. The molecule has 5 heteroatoms. The van der Waals surface area contributed by atoms with Crippen LogP contribution in [0.3, 0.4) is 0 Å². The number of halogens is 2. The highest BCUT2D eigenvalue weighted by Crippen LogP contribution is 2.61. The standard InChI is InChI=1S/C14H20F2O3/c1-12(17-3)10-8-5-6-9(7-8)11(10)19-13(2,18-4)14(12,15)16/h5-6,8-11H,7H2,1-4H3. The summed E-state index contributed by atoms with van der Waals surface area (Å²) in [5, 5.41) is 0. The van der Waals surface area contributed by atoms with Gasteiger partial charge in [0.05, 0.1) is 6.10 Å². The number of hydrogen-bond acceptors (Lipinski definition) is 3. The molecule has 0 radical (unpaired) electrons. The second kappa shape index (κ2) is 3.77. The van der Waals surface area contributed by atoms with E-state index in [0.29, 0.717) is 0 Å². The van der Waals surface area contributed by atoms with Crippen molar-refractivity contribution in [1.82, 2.24) is 0 Å². The third-order valence-electron chi connectivity index (χ3n) is 5.39. The SMILES string of the molecule is COC1(C)OC2C3C=CC(C3)C2C(C)(OC)C1(F)F. The van der Waals surface area contributed by atoms with Crippen LogP contribution in [0.5, 0.6) is 0 Å². The predicted octanol–water partition coefficient (Wildman–Crippen LogP) is 2.61. The molecule has 0 aromatic rings. The molecule has 3 nitrogen and oxygen atoms in total. The van der Waals surface area contributed by atoms with Gasteiger partial charge in [-0.25, -0.2) is 0 Å². The number of alkyl halides is 2. The number of methoxy groups -OCH3 is 2. The largest absolute Gasteiger partial charge is 0.372 e. The van der Waals surface area contributed by atoms with Crippen LogP contribution in [0, 0.1) is 17.8 Å². The fourth-order valence-electron chi connectivity index (χ4n) is 4.09. The van der Waals surface area contributed by atoms with Gasteiger partial charge in [0.2, 0.25) is 5.79 Å². The van der Waals surface area contributed by atoms with Crippen molar-refractivity contribution in [2.45, 2.75) is 43.7 Å². The zero-order valence-electron chi connectivity index (χ0n) is 11.7. The summed E-state index contributed by atoms with van der Waals surface area (Å²) in [4.78, 5) is 0. The van der Waals surface area contributed by atoms with Crippen molar-refractivity contribution >= 4 is 0 Å². The summed E-state index contributed by atoms with van der Waals surface area (Å²) in [6.45, 7) is 2.79. The van der Waals surface area contributed by atoms with E-state index in [2.05, 4.69) is 6.08 Å². The van der Waals surface area contributed by atoms with Gasteiger partial charge in [0.1, 0.15) is 5.60 Å². The van der Waals surface area contributed by atoms with Gasteiger partial charge in [-0.05, 0) is 26.2 Å². The number of hydrogen-bond donors (Lipinski definition) is 0. The zero-order chi connectivity index (χ0) is 14.1. The fourth-order valence-corrected chi connectivity index (χ4v) is 4.09. The summed E-state index contributed by atoms with van der Waals surface area (Å²) in [6, 6.07) is 0. The number of fused-ring (bicyclic) bond motifs is 5. The Morgan fingerprint density at radius 1 is 1.11 bits per heavy atom. The van der Waals surface area contributed by atoms with E-state index in [0.717, 1.165) is 6.42 Å². The Morgan fingerprint density at radius 2 is 1.74 bits per heavy atom. The molecule has 0 aromatic heterocycles. The van der Waals surface area contributed by atoms with Crippen molar-refractivity contribution in [1.29, 1.82) is 0 Å². The lowest BCUT2D eigenvalue weighted by Gasteiger charge is -2.56. The van der Waals surface area contributed by atoms with Gasteiger partial charge in [-0.15, -0.1) is 0 Å². The van der Waals surface area contributed by atoms with Crippen LogP contribution in [-0.2, 0) is 14.2 Å². The van der Waals surface area contributed by atoms with Crippen LogP contribution in [0.4, 0.5) is 8.78 Å². The molecule has 3 aliphatic rings. The molecule has 1 aliphatic heterocycles. The van der Waals surface area contributed by atoms with E-state index in [1.54, 1.807) is 0 Å². The van der Waals surface area contributed by atoms with Crippen LogP contribution in [0.1, 0.15) is 20.3 Å². The van der Waals surface area contributed by atoms with Crippen LogP contribution in [0.2, 0.25) is 0 Å². The molecule has 2 bridgehead atoms. The molecule has 1 saturated carbocycles. The Balaban J connectivity index is 2.10. The number of allylic oxidation sites excluding steroid dienone is 1. The first-order valence-electron chi connectivity index (χ1n) is 6.65. The molecule has 6 atom stereocenters. The van der Waals surface area contributed by atoms with Crippen molar-refractivity contribution in [2.24, 2.45) is 17.8 Å². The van der Waals surface area contributed by atoms with Crippen molar-refractivity contribution < 1.29 is 23.0 Å². The molecule has 2 fully saturated rings. The molecule has 3 rings (SSSR count). The first-order valence-corrected chi connectivity index (χ1v) is 6.65. The molecule has 1 saturated heterocycles. The lowest BCUT2D eigenvalue weighted by molar-refractivity contribution is -0.424. The van der Waals surface area contributed by atoms with Gasteiger partial charge in [0.15, 0.2) is 0 Å². The predicted molar refractivity (Wildman–Crippen MR) is 64.9 cm³/mol. The normalized spacial score (nSPS) is 54.4. The Kier molecular flexibility index (Phi) is 2.67. The Bertz CT molecular complexity index is 425. The van der Waals surface area contributed by atoms with Crippen LogP contribution < -0.4 is 0 Å². The van der Waals surface area contributed by atoms with Gasteiger partial charge in [0, 0.05) is 26.1 Å². The monoisotopic (exact) mass is 274 g/mol. The molecule has 0 amide bonds. The van der Waals surface area contributed by atoms with E-state index in [4.69, 9.17) is 14.2 Å². The maximum absolute atomic E-state index is 14.9. The third kappa shape index (κ3) is 1.36. The molecular formula is C14H20F2O3. The topological polar surface area (TPSA) is 27.7 Å². The van der Waals surface area contributed by atoms with Gasteiger partial charge in [0.25, 0.3) is 0 Å². The number of rotatable bonds is 2. The molecule has 0 spiro atoms. The zero-order valence-corrected chi connectivity index (χ0v) is 11.7. The summed E-state index contributed by atoms with van der Waals surface area (Å²) in [6.07, 6.45) is 4.70. The minimum absolute atomic E-state index is 0.104. The molecule has 2 aliphatic carbocycles. The minimum Gasteiger partial charge on any atom is -0.372 e. The summed E-state index contributed by atoms with van der Waals surface area (Å²) in [7, 11) is 2.61. The summed E-state index contributed by atoms with van der Waals surface area (Å²) < 4.78 is 45.8. The highest BCUT2D eigenvalue weighted by molar-refractivity contribution is 5.23. The van der Waals surface area contributed by atoms with E-state index < -0.39 is 17.3 Å². The van der Waals surface area contributed by atoms with Gasteiger partial charge in [-0.2, -0.15) is 8.78 Å². The van der Waals surface area contributed by atoms with Crippen molar-refractivity contribution in [3.05, 3.63) is 12.2 Å². The van der Waals surface area contributed by atoms with Gasteiger partial charge >= 0.3 is 5.92 Å². The van der Waals surface area contributed by atoms with Crippen molar-refractivity contribution in [3.8, 4) is 0 Å². The second-order valence-electron chi connectivity index (χ2n) is 6.09. The lowest BCUT2D eigenvalue weighted by atomic mass is 9.70. The van der Waals surface area contributed by atoms with E-state index >= 15 is 0 Å². The minimum atomic E-state index is -3.22. The third-order valence-corrected chi connectivity index (χ3v) is 5.39. The van der Waals surface area contributed by atoms with Crippen LogP contribution >= 0.6 is 0 Å². The van der Waals surface area contributed by atoms with Crippen LogP contribution in [0.25, 0.3) is 0 Å². The Morgan fingerprint density at radius 3 is 2.32 bits per heavy atom. The molecule has 0 aromatic carbocycles. The van der Waals surface area contributed by atoms with E-state index in [1.165, 1.54) is 28.1 Å². The molecule has 6 unspecified atom stereocenters. The van der Waals surface area contributed by atoms with E-state index in [9.17, 15) is 8.78 Å². The average molecular weight is 274 g/mol. The van der Waals surface area contributed by atoms with Crippen LogP contribution in [-0.4, -0.2) is 37.6 Å². The lowest BCUT2D eigenvalue weighted by Crippen LogP contribution is -2.72. The second-order valence-corrected chi connectivity index (χ2v) is 6.09. The van der Waals surface area contributed by atoms with Crippen molar-refractivity contribution in [2.75, 3.05) is 14.2 Å². The maximum Gasteiger partial charge on any atom is 0.328 e. The molecule has 19 heavy (non-hydrogen) atoms. The quantitative estimate of drug-likeness (QED) is 0.724. The highest BCUT2D eigenvalue weighted by Gasteiger charge is 2.75. The summed E-state index contributed by atoms with van der Waals surface area (Å²) >= 11 is 0. The first kappa shape index (κ1) is 13.5. The Hall–Kier alpha value is -0.520. The van der Waals surface area contributed by atoms with E-state index in [1.807, 2.05) is 6.08 Å². The van der Waals surface area contributed by atoms with Crippen LogP contribution in [0.15, 0.2) is 12.2 Å². The first-order chi connectivity index (χ1) is 8.80. The molecule has 108 valence electrons.